The van der Waals surface area contributed by atoms with E-state index in [1.165, 1.54) is 11.1 Å². The Balaban J connectivity index is 1.90. The molecule has 184 valence electrons. The van der Waals surface area contributed by atoms with E-state index in [1.54, 1.807) is 24.3 Å². The molecule has 0 aliphatic carbocycles. The van der Waals surface area contributed by atoms with Gasteiger partial charge in [0.25, 0.3) is 0 Å². The number of aromatic hydroxyl groups is 2. The van der Waals surface area contributed by atoms with Crippen LogP contribution in [-0.2, 0) is 5.41 Å². The molecule has 0 aliphatic heterocycles. The number of anilines is 1. The quantitative estimate of drug-likeness (QED) is 0.175. The fourth-order valence-electron chi connectivity index (χ4n) is 5.15. The Kier molecular flexibility index (Phi) is 6.22. The summed E-state index contributed by atoms with van der Waals surface area (Å²) >= 11 is 0. The van der Waals surface area contributed by atoms with Gasteiger partial charge in [0.1, 0.15) is 11.5 Å². The van der Waals surface area contributed by atoms with Crippen LogP contribution in [0.15, 0.2) is 109 Å². The average molecular weight is 486 g/mol. The highest BCUT2D eigenvalue weighted by molar-refractivity contribution is 5.94. The van der Waals surface area contributed by atoms with Crippen LogP contribution < -0.4 is 5.73 Å². The predicted octanol–water partition coefficient (Wildman–Crippen LogP) is 7.99. The highest BCUT2D eigenvalue weighted by atomic mass is 16.3. The predicted molar refractivity (Wildman–Crippen MR) is 153 cm³/mol. The van der Waals surface area contributed by atoms with Gasteiger partial charge in [0.05, 0.1) is 0 Å². The second kappa shape index (κ2) is 9.51. The van der Waals surface area contributed by atoms with Gasteiger partial charge in [0, 0.05) is 16.7 Å². The largest absolute Gasteiger partial charge is 0.508 e. The first-order valence-electron chi connectivity index (χ1n) is 12.4. The summed E-state index contributed by atoms with van der Waals surface area (Å²) in [6.45, 7) is 6.35. The molecular weight excluding hydrogens is 454 g/mol. The van der Waals surface area contributed by atoms with Gasteiger partial charge in [0.15, 0.2) is 0 Å². The SMILES string of the molecule is Cc1ccc(-c2c(N)ccc(C(C)(c3ccc(O)cc3)c3ccc(O)cc3)c2-c2ccc(C)cc2)cc1. The number of hydrogen-bond acceptors (Lipinski definition) is 3. The maximum absolute atomic E-state index is 10.1. The summed E-state index contributed by atoms with van der Waals surface area (Å²) in [5.74, 6) is 0.432. The number of hydrogen-bond donors (Lipinski definition) is 3. The van der Waals surface area contributed by atoms with Crippen molar-refractivity contribution in [3.05, 3.63) is 137 Å². The highest BCUT2D eigenvalue weighted by Gasteiger charge is 2.35. The van der Waals surface area contributed by atoms with Crippen molar-refractivity contribution >= 4 is 5.69 Å². The zero-order chi connectivity index (χ0) is 26.2. The molecule has 0 bridgehead atoms. The van der Waals surface area contributed by atoms with Crippen LogP contribution in [0, 0.1) is 13.8 Å². The van der Waals surface area contributed by atoms with E-state index in [9.17, 15) is 10.2 Å². The van der Waals surface area contributed by atoms with Gasteiger partial charge in [-0.15, -0.1) is 0 Å². The van der Waals surface area contributed by atoms with E-state index in [-0.39, 0.29) is 11.5 Å². The molecular formula is C34H31NO2. The number of rotatable bonds is 5. The van der Waals surface area contributed by atoms with Crippen LogP contribution in [0.5, 0.6) is 11.5 Å². The van der Waals surface area contributed by atoms with Gasteiger partial charge >= 0.3 is 0 Å². The van der Waals surface area contributed by atoms with E-state index >= 15 is 0 Å². The third-order valence-corrected chi connectivity index (χ3v) is 7.35. The molecule has 0 saturated carbocycles. The van der Waals surface area contributed by atoms with Crippen molar-refractivity contribution in [1.29, 1.82) is 0 Å². The molecule has 5 aromatic carbocycles. The lowest BCUT2D eigenvalue weighted by Gasteiger charge is -2.35. The second-order valence-corrected chi connectivity index (χ2v) is 9.90. The minimum Gasteiger partial charge on any atom is -0.508 e. The monoisotopic (exact) mass is 485 g/mol. The molecule has 4 N–H and O–H groups in total. The molecule has 37 heavy (non-hydrogen) atoms. The molecule has 0 radical (unpaired) electrons. The first-order valence-corrected chi connectivity index (χ1v) is 12.4. The van der Waals surface area contributed by atoms with Gasteiger partial charge in [-0.25, -0.2) is 0 Å². The van der Waals surface area contributed by atoms with Crippen LogP contribution >= 0.6 is 0 Å². The smallest absolute Gasteiger partial charge is 0.115 e. The average Bonchev–Trinajstić information content (AvgIpc) is 2.90. The number of nitrogen functional groups attached to an aromatic ring is 1. The van der Waals surface area contributed by atoms with Crippen LogP contribution in [0.3, 0.4) is 0 Å². The zero-order valence-corrected chi connectivity index (χ0v) is 21.4. The molecule has 0 heterocycles. The molecule has 0 saturated heterocycles. The summed E-state index contributed by atoms with van der Waals surface area (Å²) in [6.07, 6.45) is 0. The van der Waals surface area contributed by atoms with Gasteiger partial charge in [-0.1, -0.05) is 90.0 Å². The molecule has 0 aromatic heterocycles. The van der Waals surface area contributed by atoms with Gasteiger partial charge in [0.2, 0.25) is 0 Å². The molecule has 0 amide bonds. The lowest BCUT2D eigenvalue weighted by Crippen LogP contribution is -2.26. The number of aryl methyl sites for hydroxylation is 2. The standard InChI is InChI=1S/C34H31NO2/c1-22-4-8-24(9-5-22)32-30(20-21-31(35)33(32)25-10-6-23(2)7-11-25)34(3,26-12-16-28(36)17-13-26)27-14-18-29(37)19-15-27/h4-21,36-37H,35H2,1-3H3. The van der Waals surface area contributed by atoms with Crippen molar-refractivity contribution in [1.82, 2.24) is 0 Å². The first-order chi connectivity index (χ1) is 17.8. The van der Waals surface area contributed by atoms with E-state index in [0.29, 0.717) is 5.69 Å². The van der Waals surface area contributed by atoms with Crippen molar-refractivity contribution < 1.29 is 10.2 Å². The molecule has 5 aromatic rings. The fraction of sp³-hybridized carbons (Fsp3) is 0.118. The normalized spacial score (nSPS) is 11.4. The minimum atomic E-state index is -0.616. The van der Waals surface area contributed by atoms with E-state index in [0.717, 1.165) is 38.9 Å². The van der Waals surface area contributed by atoms with E-state index < -0.39 is 5.41 Å². The minimum absolute atomic E-state index is 0.216. The number of phenols is 2. The molecule has 5 rings (SSSR count). The van der Waals surface area contributed by atoms with Crippen LogP contribution in [0.4, 0.5) is 5.69 Å². The topological polar surface area (TPSA) is 66.5 Å². The Bertz CT molecular complexity index is 1490. The summed E-state index contributed by atoms with van der Waals surface area (Å²) in [5, 5.41) is 20.1. The summed E-state index contributed by atoms with van der Waals surface area (Å²) in [6, 6.07) is 35.9. The van der Waals surface area contributed by atoms with Gasteiger partial charge in [-0.3, -0.25) is 0 Å². The third kappa shape index (κ3) is 4.45. The first kappa shape index (κ1) is 24.2. The summed E-state index contributed by atoms with van der Waals surface area (Å²) < 4.78 is 0. The maximum atomic E-state index is 10.1. The van der Waals surface area contributed by atoms with Crippen molar-refractivity contribution in [2.45, 2.75) is 26.2 Å². The second-order valence-electron chi connectivity index (χ2n) is 9.90. The molecule has 3 heteroatoms. The molecule has 0 spiro atoms. The molecule has 0 atom stereocenters. The Morgan fingerprint density at radius 3 is 1.35 bits per heavy atom. The highest BCUT2D eigenvalue weighted by Crippen LogP contribution is 2.48. The van der Waals surface area contributed by atoms with Crippen LogP contribution in [0.2, 0.25) is 0 Å². The number of benzene rings is 5. The Labute approximate surface area is 218 Å². The van der Waals surface area contributed by atoms with Crippen molar-refractivity contribution in [2.24, 2.45) is 0 Å². The van der Waals surface area contributed by atoms with Crippen LogP contribution in [-0.4, -0.2) is 10.2 Å². The summed E-state index contributed by atoms with van der Waals surface area (Å²) in [7, 11) is 0. The van der Waals surface area contributed by atoms with Crippen molar-refractivity contribution in [3.8, 4) is 33.8 Å². The van der Waals surface area contributed by atoms with Crippen LogP contribution in [0.1, 0.15) is 34.7 Å². The summed E-state index contributed by atoms with van der Waals surface area (Å²) in [5.41, 5.74) is 16.5. The third-order valence-electron chi connectivity index (χ3n) is 7.35. The Morgan fingerprint density at radius 2 is 0.919 bits per heavy atom. The molecule has 0 aliphatic rings. The molecule has 0 unspecified atom stereocenters. The number of phenolic OH excluding ortho intramolecular Hbond substituents is 2. The van der Waals surface area contributed by atoms with Gasteiger partial charge in [-0.05, 0) is 84.5 Å². The summed E-state index contributed by atoms with van der Waals surface area (Å²) in [4.78, 5) is 0. The van der Waals surface area contributed by atoms with E-state index in [1.807, 2.05) is 30.3 Å². The lowest BCUT2D eigenvalue weighted by molar-refractivity contribution is 0.474. The lowest BCUT2D eigenvalue weighted by atomic mass is 9.67. The Morgan fingerprint density at radius 1 is 0.514 bits per heavy atom. The zero-order valence-electron chi connectivity index (χ0n) is 21.4. The molecule has 3 nitrogen and oxygen atoms in total. The van der Waals surface area contributed by atoms with Crippen molar-refractivity contribution in [2.75, 3.05) is 5.73 Å². The van der Waals surface area contributed by atoms with Gasteiger partial charge < -0.3 is 15.9 Å². The van der Waals surface area contributed by atoms with Crippen molar-refractivity contribution in [3.63, 3.8) is 0 Å². The number of nitrogens with two attached hydrogens (primary N) is 1. The van der Waals surface area contributed by atoms with E-state index in [4.69, 9.17) is 5.73 Å². The maximum Gasteiger partial charge on any atom is 0.115 e. The molecule has 0 fully saturated rings. The Hall–Kier alpha value is -4.50. The fourth-order valence-corrected chi connectivity index (χ4v) is 5.15. The van der Waals surface area contributed by atoms with Crippen LogP contribution in [0.25, 0.3) is 22.3 Å². The van der Waals surface area contributed by atoms with Gasteiger partial charge in [-0.2, -0.15) is 0 Å². The van der Waals surface area contributed by atoms with E-state index in [2.05, 4.69) is 75.4 Å².